The summed E-state index contributed by atoms with van der Waals surface area (Å²) >= 11 is 0. The molecule has 1 aromatic carbocycles. The molecule has 0 amide bonds. The van der Waals surface area contributed by atoms with Crippen molar-refractivity contribution in [2.24, 2.45) is 5.92 Å². The van der Waals surface area contributed by atoms with E-state index in [4.69, 9.17) is 0 Å². The third-order valence-electron chi connectivity index (χ3n) is 3.60. The van der Waals surface area contributed by atoms with Crippen LogP contribution in [0.2, 0.25) is 0 Å². The third kappa shape index (κ3) is 7.15. The molecule has 23 heavy (non-hydrogen) atoms. The molecule has 0 fully saturated rings. The molecule has 0 heterocycles. The molecule has 1 atom stereocenters. The van der Waals surface area contributed by atoms with Crippen molar-refractivity contribution in [3.8, 4) is 0 Å². The molecule has 0 N–H and O–H groups in total. The van der Waals surface area contributed by atoms with Crippen LogP contribution in [0.1, 0.15) is 46.1 Å². The van der Waals surface area contributed by atoms with E-state index in [2.05, 4.69) is 107 Å². The number of hydrogen-bond acceptors (Lipinski definition) is 0. The zero-order valence-corrected chi connectivity index (χ0v) is 15.0. The van der Waals surface area contributed by atoms with Gasteiger partial charge in [-0.3, -0.25) is 0 Å². The Bertz CT molecular complexity index is 580. The van der Waals surface area contributed by atoms with Crippen molar-refractivity contribution in [1.82, 2.24) is 0 Å². The fourth-order valence-corrected chi connectivity index (χ4v) is 2.44. The quantitative estimate of drug-likeness (QED) is 0.448. The maximum atomic E-state index is 2.32. The summed E-state index contributed by atoms with van der Waals surface area (Å²) in [6.07, 6.45) is 19.7. The molecule has 1 unspecified atom stereocenters. The van der Waals surface area contributed by atoms with Crippen LogP contribution in [0.3, 0.4) is 0 Å². The molecule has 0 spiro atoms. The van der Waals surface area contributed by atoms with E-state index in [1.807, 2.05) is 0 Å². The van der Waals surface area contributed by atoms with Crippen LogP contribution in [0.5, 0.6) is 0 Å². The molecule has 0 aliphatic rings. The van der Waals surface area contributed by atoms with E-state index in [0.29, 0.717) is 5.92 Å². The van der Waals surface area contributed by atoms with Crippen LogP contribution in [0.25, 0.3) is 5.57 Å². The van der Waals surface area contributed by atoms with Gasteiger partial charge in [0.2, 0.25) is 0 Å². The average molecular weight is 306 g/mol. The molecule has 0 heteroatoms. The zero-order chi connectivity index (χ0) is 16.9. The molecule has 1 rings (SSSR count). The lowest BCUT2D eigenvalue weighted by Crippen LogP contribution is -1.96. The second kappa shape index (κ2) is 11.5. The Morgan fingerprint density at radius 2 is 1.78 bits per heavy atom. The first-order valence-electron chi connectivity index (χ1n) is 8.66. The summed E-state index contributed by atoms with van der Waals surface area (Å²) in [5.74, 6) is 0.365. The normalized spacial score (nSPS) is 15.1. The monoisotopic (exact) mass is 306 g/mol. The molecule has 1 aromatic rings. The largest absolute Gasteiger partial charge is 0.0871 e. The standard InChI is InChI=1S/C23H30/c1-5-8-9-11-16-20(4)23(22-17-12-10-13-18-22)19-21(14-6-2)15-7-3/h6,8-20H,5,7H2,1-4H3/b9-8-,14-6-,16-11-,21-15+,23-19-. The second-order valence-electron chi connectivity index (χ2n) is 5.59. The third-order valence-corrected chi connectivity index (χ3v) is 3.60. The fraction of sp³-hybridized carbons (Fsp3) is 0.304. The molecule has 0 radical (unpaired) electrons. The van der Waals surface area contributed by atoms with Crippen LogP contribution in [0.15, 0.2) is 84.5 Å². The Morgan fingerprint density at radius 3 is 2.39 bits per heavy atom. The summed E-state index contributed by atoms with van der Waals surface area (Å²) in [7, 11) is 0. The average Bonchev–Trinajstić information content (AvgIpc) is 2.57. The lowest BCUT2D eigenvalue weighted by atomic mass is 9.91. The van der Waals surface area contributed by atoms with Crippen molar-refractivity contribution in [2.75, 3.05) is 0 Å². The van der Waals surface area contributed by atoms with Gasteiger partial charge in [0, 0.05) is 0 Å². The van der Waals surface area contributed by atoms with Crippen LogP contribution in [-0.2, 0) is 0 Å². The van der Waals surface area contributed by atoms with E-state index in [1.54, 1.807) is 0 Å². The topological polar surface area (TPSA) is 0 Å². The van der Waals surface area contributed by atoms with E-state index in [-0.39, 0.29) is 0 Å². The van der Waals surface area contributed by atoms with E-state index < -0.39 is 0 Å². The number of hydrogen-bond donors (Lipinski definition) is 0. The number of benzene rings is 1. The summed E-state index contributed by atoms with van der Waals surface area (Å²) in [5.41, 5.74) is 3.92. The van der Waals surface area contributed by atoms with Crippen molar-refractivity contribution in [1.29, 1.82) is 0 Å². The molecule has 0 nitrogen and oxygen atoms in total. The van der Waals surface area contributed by atoms with Crippen LogP contribution >= 0.6 is 0 Å². The first kappa shape index (κ1) is 19.0. The van der Waals surface area contributed by atoms with Crippen molar-refractivity contribution < 1.29 is 0 Å². The highest BCUT2D eigenvalue weighted by molar-refractivity contribution is 5.71. The maximum absolute atomic E-state index is 2.32. The van der Waals surface area contributed by atoms with Gasteiger partial charge < -0.3 is 0 Å². The predicted molar refractivity (Wildman–Crippen MR) is 105 cm³/mol. The van der Waals surface area contributed by atoms with Crippen molar-refractivity contribution in [2.45, 2.75) is 40.5 Å². The Balaban J connectivity index is 3.19. The van der Waals surface area contributed by atoms with Gasteiger partial charge in [-0.1, -0.05) is 99.7 Å². The summed E-state index contributed by atoms with van der Waals surface area (Å²) in [4.78, 5) is 0. The molecule has 0 saturated heterocycles. The Hall–Kier alpha value is -2.08. The summed E-state index contributed by atoms with van der Waals surface area (Å²) in [6.45, 7) is 8.66. The van der Waals surface area contributed by atoms with Crippen molar-refractivity contribution >= 4 is 5.57 Å². The minimum Gasteiger partial charge on any atom is -0.0871 e. The SMILES string of the molecule is C\C=C/C(/C=C(\c1ccccc1)C(C)/C=C\C=C/CC)=C\CC. The van der Waals surface area contributed by atoms with Crippen LogP contribution in [-0.4, -0.2) is 0 Å². The van der Waals surface area contributed by atoms with Crippen molar-refractivity contribution in [3.05, 3.63) is 90.1 Å². The zero-order valence-electron chi connectivity index (χ0n) is 15.0. The van der Waals surface area contributed by atoms with Gasteiger partial charge >= 0.3 is 0 Å². The van der Waals surface area contributed by atoms with Gasteiger partial charge in [-0.05, 0) is 42.4 Å². The van der Waals surface area contributed by atoms with E-state index in [9.17, 15) is 0 Å². The molecular formula is C23H30. The molecule has 122 valence electrons. The lowest BCUT2D eigenvalue weighted by Gasteiger charge is -2.14. The fourth-order valence-electron chi connectivity index (χ4n) is 2.44. The molecule has 0 aliphatic carbocycles. The van der Waals surface area contributed by atoms with Gasteiger partial charge in [-0.25, -0.2) is 0 Å². The highest BCUT2D eigenvalue weighted by Gasteiger charge is 2.08. The van der Waals surface area contributed by atoms with Gasteiger partial charge in [-0.15, -0.1) is 0 Å². The van der Waals surface area contributed by atoms with Gasteiger partial charge in [0.05, 0.1) is 0 Å². The Morgan fingerprint density at radius 1 is 1.04 bits per heavy atom. The molecule has 0 saturated carbocycles. The van der Waals surface area contributed by atoms with Crippen LogP contribution in [0.4, 0.5) is 0 Å². The summed E-state index contributed by atoms with van der Waals surface area (Å²) < 4.78 is 0. The Labute approximate surface area is 142 Å². The van der Waals surface area contributed by atoms with E-state index >= 15 is 0 Å². The van der Waals surface area contributed by atoms with Crippen LogP contribution < -0.4 is 0 Å². The molecule has 0 bridgehead atoms. The predicted octanol–water partition coefficient (Wildman–Crippen LogP) is 7.14. The molecule has 0 aromatic heterocycles. The van der Waals surface area contributed by atoms with Crippen LogP contribution in [0, 0.1) is 5.92 Å². The minimum atomic E-state index is 0.365. The smallest absolute Gasteiger partial charge is 0.000118 e. The van der Waals surface area contributed by atoms with Crippen molar-refractivity contribution in [3.63, 3.8) is 0 Å². The first-order valence-corrected chi connectivity index (χ1v) is 8.66. The summed E-state index contributed by atoms with van der Waals surface area (Å²) in [5, 5.41) is 0. The maximum Gasteiger partial charge on any atom is -0.000118 e. The lowest BCUT2D eigenvalue weighted by molar-refractivity contribution is 0.962. The van der Waals surface area contributed by atoms with Gasteiger partial charge in [0.1, 0.15) is 0 Å². The number of allylic oxidation sites excluding steroid dienone is 10. The van der Waals surface area contributed by atoms with Gasteiger partial charge in [-0.2, -0.15) is 0 Å². The Kier molecular flexibility index (Phi) is 9.47. The van der Waals surface area contributed by atoms with Gasteiger partial charge in [0.15, 0.2) is 0 Å². The van der Waals surface area contributed by atoms with Gasteiger partial charge in [0.25, 0.3) is 0 Å². The highest BCUT2D eigenvalue weighted by atomic mass is 14.1. The van der Waals surface area contributed by atoms with E-state index in [0.717, 1.165) is 12.8 Å². The highest BCUT2D eigenvalue weighted by Crippen LogP contribution is 2.26. The summed E-state index contributed by atoms with van der Waals surface area (Å²) in [6, 6.07) is 10.7. The number of rotatable bonds is 8. The minimum absolute atomic E-state index is 0.365. The molecular weight excluding hydrogens is 276 g/mol. The first-order chi connectivity index (χ1) is 11.2. The molecule has 0 aliphatic heterocycles. The second-order valence-corrected chi connectivity index (χ2v) is 5.59. The van der Waals surface area contributed by atoms with E-state index in [1.165, 1.54) is 16.7 Å².